The Balaban J connectivity index is 1.68. The van der Waals surface area contributed by atoms with Crippen molar-refractivity contribution in [3.05, 3.63) is 60.2 Å². The zero-order valence-electron chi connectivity index (χ0n) is 14.8. The van der Waals surface area contributed by atoms with Gasteiger partial charge in [-0.1, -0.05) is 47.6 Å². The van der Waals surface area contributed by atoms with E-state index in [-0.39, 0.29) is 11.9 Å². The summed E-state index contributed by atoms with van der Waals surface area (Å²) in [6, 6.07) is 17.4. The average molecular weight is 347 g/mol. The van der Waals surface area contributed by atoms with Gasteiger partial charge in [-0.05, 0) is 38.3 Å². The molecule has 1 aromatic heterocycles. The number of hydrogen-bond donors (Lipinski definition) is 0. The van der Waals surface area contributed by atoms with Crippen molar-refractivity contribution >= 4 is 5.91 Å². The smallest absolute Gasteiger partial charge is 0.259 e. The van der Waals surface area contributed by atoms with Gasteiger partial charge in [0.05, 0.1) is 11.1 Å². The van der Waals surface area contributed by atoms with Gasteiger partial charge in [0.2, 0.25) is 5.82 Å². The van der Waals surface area contributed by atoms with Gasteiger partial charge in [-0.15, -0.1) is 0 Å². The maximum atomic E-state index is 13.1. The molecule has 0 saturated carbocycles. The van der Waals surface area contributed by atoms with Crippen molar-refractivity contribution in [3.63, 3.8) is 0 Å². The molecule has 1 unspecified atom stereocenters. The molecule has 1 amide bonds. The summed E-state index contributed by atoms with van der Waals surface area (Å²) in [5.74, 6) is 0.930. The maximum Gasteiger partial charge on any atom is 0.259 e. The van der Waals surface area contributed by atoms with Crippen molar-refractivity contribution in [2.45, 2.75) is 32.2 Å². The van der Waals surface area contributed by atoms with Crippen molar-refractivity contribution in [2.24, 2.45) is 0 Å². The molecule has 3 aromatic rings. The summed E-state index contributed by atoms with van der Waals surface area (Å²) in [5.41, 5.74) is 2.19. The van der Waals surface area contributed by atoms with Crippen LogP contribution in [-0.2, 0) is 0 Å². The third-order valence-electron chi connectivity index (χ3n) is 4.91. The van der Waals surface area contributed by atoms with Crippen LogP contribution in [0.2, 0.25) is 0 Å². The monoisotopic (exact) mass is 347 g/mol. The zero-order chi connectivity index (χ0) is 17.9. The molecule has 26 heavy (non-hydrogen) atoms. The molecule has 2 heterocycles. The number of amides is 1. The predicted octanol–water partition coefficient (Wildman–Crippen LogP) is 4.42. The Bertz CT molecular complexity index is 904. The molecule has 2 aromatic carbocycles. The first-order valence-corrected chi connectivity index (χ1v) is 9.03. The maximum absolute atomic E-state index is 13.1. The second-order valence-electron chi connectivity index (χ2n) is 6.68. The van der Waals surface area contributed by atoms with E-state index < -0.39 is 0 Å². The number of carbonyl (C=O) groups is 1. The molecule has 0 bridgehead atoms. The number of hydrogen-bond acceptors (Lipinski definition) is 4. The minimum atomic E-state index is 0.0345. The van der Waals surface area contributed by atoms with Gasteiger partial charge in [0.25, 0.3) is 11.8 Å². The normalized spacial score (nSPS) is 17.3. The molecule has 1 atom stereocenters. The molecule has 0 spiro atoms. The Morgan fingerprint density at radius 2 is 1.85 bits per heavy atom. The van der Waals surface area contributed by atoms with Crippen LogP contribution in [0.3, 0.4) is 0 Å². The van der Waals surface area contributed by atoms with Crippen LogP contribution in [0.15, 0.2) is 59.1 Å². The molecule has 5 heteroatoms. The van der Waals surface area contributed by atoms with Gasteiger partial charge in [-0.2, -0.15) is 4.98 Å². The fourth-order valence-corrected chi connectivity index (χ4v) is 3.45. The summed E-state index contributed by atoms with van der Waals surface area (Å²) in [7, 11) is 0. The number of likely N-dealkylation sites (tertiary alicyclic amines) is 1. The number of aromatic nitrogens is 2. The van der Waals surface area contributed by atoms with Crippen molar-refractivity contribution in [1.82, 2.24) is 15.0 Å². The van der Waals surface area contributed by atoms with Gasteiger partial charge in [-0.3, -0.25) is 4.79 Å². The zero-order valence-corrected chi connectivity index (χ0v) is 14.8. The fourth-order valence-electron chi connectivity index (χ4n) is 3.45. The lowest BCUT2D eigenvalue weighted by Crippen LogP contribution is -2.42. The average Bonchev–Trinajstić information content (AvgIpc) is 3.19. The molecule has 1 fully saturated rings. The highest BCUT2D eigenvalue weighted by Crippen LogP contribution is 2.28. The lowest BCUT2D eigenvalue weighted by atomic mass is 10.00. The highest BCUT2D eigenvalue weighted by atomic mass is 16.5. The van der Waals surface area contributed by atoms with Gasteiger partial charge in [0, 0.05) is 18.2 Å². The largest absolute Gasteiger partial charge is 0.336 e. The standard InChI is InChI=1S/C21H21N3O2/c1-15-9-7-8-14-24(15)21(25)18-13-6-5-12-17(18)20-22-19(23-26-20)16-10-3-2-4-11-16/h2-6,10-13,15H,7-9,14H2,1H3. The molecule has 0 N–H and O–H groups in total. The van der Waals surface area contributed by atoms with Gasteiger partial charge < -0.3 is 9.42 Å². The number of rotatable bonds is 3. The van der Waals surface area contributed by atoms with Gasteiger partial charge in [0.15, 0.2) is 0 Å². The molecule has 0 aliphatic carbocycles. The quantitative estimate of drug-likeness (QED) is 0.704. The SMILES string of the molecule is CC1CCCCN1C(=O)c1ccccc1-c1nc(-c2ccccc2)no1. The summed E-state index contributed by atoms with van der Waals surface area (Å²) >= 11 is 0. The van der Waals surface area contributed by atoms with Gasteiger partial charge in [-0.25, -0.2) is 0 Å². The summed E-state index contributed by atoms with van der Waals surface area (Å²) < 4.78 is 5.48. The number of piperidine rings is 1. The highest BCUT2D eigenvalue weighted by Gasteiger charge is 2.27. The van der Waals surface area contributed by atoms with Crippen LogP contribution in [0.1, 0.15) is 36.5 Å². The van der Waals surface area contributed by atoms with Crippen molar-refractivity contribution < 1.29 is 9.32 Å². The number of nitrogens with zero attached hydrogens (tertiary/aromatic N) is 3. The van der Waals surface area contributed by atoms with Crippen LogP contribution in [0.4, 0.5) is 0 Å². The number of benzene rings is 2. The third kappa shape index (κ3) is 3.12. The molecule has 1 aliphatic heterocycles. The molecule has 132 valence electrons. The summed E-state index contributed by atoms with van der Waals surface area (Å²) in [6.45, 7) is 2.91. The minimum Gasteiger partial charge on any atom is -0.336 e. The number of carbonyl (C=O) groups excluding carboxylic acids is 1. The second kappa shape index (κ2) is 7.12. The molecule has 1 saturated heterocycles. The highest BCUT2D eigenvalue weighted by molar-refractivity contribution is 6.00. The van der Waals surface area contributed by atoms with E-state index in [1.165, 1.54) is 6.42 Å². The molecule has 4 rings (SSSR count). The van der Waals surface area contributed by atoms with Crippen molar-refractivity contribution in [2.75, 3.05) is 6.54 Å². The van der Waals surface area contributed by atoms with E-state index in [1.807, 2.05) is 59.5 Å². The topological polar surface area (TPSA) is 59.2 Å². The molecular formula is C21H21N3O2. The third-order valence-corrected chi connectivity index (χ3v) is 4.91. The van der Waals surface area contributed by atoms with E-state index in [0.29, 0.717) is 22.8 Å². The lowest BCUT2D eigenvalue weighted by molar-refractivity contribution is 0.0636. The molecule has 0 radical (unpaired) electrons. The minimum absolute atomic E-state index is 0.0345. The molecule has 1 aliphatic rings. The van der Waals surface area contributed by atoms with Crippen molar-refractivity contribution in [1.29, 1.82) is 0 Å². The van der Waals surface area contributed by atoms with Crippen LogP contribution < -0.4 is 0 Å². The Morgan fingerprint density at radius 3 is 2.65 bits per heavy atom. The second-order valence-corrected chi connectivity index (χ2v) is 6.68. The van der Waals surface area contributed by atoms with Gasteiger partial charge >= 0.3 is 0 Å². The van der Waals surface area contributed by atoms with Crippen LogP contribution >= 0.6 is 0 Å². The fraction of sp³-hybridized carbons (Fsp3) is 0.286. The van der Waals surface area contributed by atoms with Crippen LogP contribution in [0.5, 0.6) is 0 Å². The first-order valence-electron chi connectivity index (χ1n) is 9.03. The van der Waals surface area contributed by atoms with Crippen LogP contribution in [-0.4, -0.2) is 33.5 Å². The van der Waals surface area contributed by atoms with E-state index in [0.717, 1.165) is 24.9 Å². The first kappa shape index (κ1) is 16.5. The lowest BCUT2D eigenvalue weighted by Gasteiger charge is -2.33. The summed E-state index contributed by atoms with van der Waals surface area (Å²) in [6.07, 6.45) is 3.28. The Hall–Kier alpha value is -2.95. The van der Waals surface area contributed by atoms with E-state index in [9.17, 15) is 4.79 Å². The first-order chi connectivity index (χ1) is 12.7. The van der Waals surface area contributed by atoms with E-state index in [1.54, 1.807) is 0 Å². The van der Waals surface area contributed by atoms with Crippen LogP contribution in [0.25, 0.3) is 22.8 Å². The Kier molecular flexibility index (Phi) is 4.52. The van der Waals surface area contributed by atoms with E-state index in [2.05, 4.69) is 17.1 Å². The Labute approximate surface area is 152 Å². The Morgan fingerprint density at radius 1 is 1.08 bits per heavy atom. The molecular weight excluding hydrogens is 326 g/mol. The van der Waals surface area contributed by atoms with E-state index >= 15 is 0 Å². The summed E-state index contributed by atoms with van der Waals surface area (Å²) in [5, 5.41) is 4.08. The summed E-state index contributed by atoms with van der Waals surface area (Å²) in [4.78, 5) is 19.6. The van der Waals surface area contributed by atoms with Gasteiger partial charge in [0.1, 0.15) is 0 Å². The van der Waals surface area contributed by atoms with E-state index in [4.69, 9.17) is 4.52 Å². The molecule has 5 nitrogen and oxygen atoms in total. The predicted molar refractivity (Wildman–Crippen MR) is 99.5 cm³/mol. The van der Waals surface area contributed by atoms with Crippen molar-refractivity contribution in [3.8, 4) is 22.8 Å². The van der Waals surface area contributed by atoms with Crippen LogP contribution in [0, 0.1) is 0 Å².